The second kappa shape index (κ2) is 20.5. The molecule has 0 aliphatic heterocycles. The van der Waals surface area contributed by atoms with Gasteiger partial charge in [0, 0.05) is 24.8 Å². The molecule has 1 unspecified atom stereocenters. The quantitative estimate of drug-likeness (QED) is 0.193. The van der Waals surface area contributed by atoms with Gasteiger partial charge in [0.2, 0.25) is 0 Å². The predicted octanol–water partition coefficient (Wildman–Crippen LogP) is 10.2. The van der Waals surface area contributed by atoms with E-state index in [1.807, 2.05) is 32.1 Å². The van der Waals surface area contributed by atoms with Crippen molar-refractivity contribution in [1.82, 2.24) is 5.32 Å². The highest BCUT2D eigenvalue weighted by atomic mass is 16.2. The molecule has 3 nitrogen and oxygen atoms in total. The molecule has 0 aromatic heterocycles. The van der Waals surface area contributed by atoms with Crippen LogP contribution in [0.4, 0.5) is 5.69 Å². The van der Waals surface area contributed by atoms with Gasteiger partial charge in [0.1, 0.15) is 0 Å². The molecule has 0 saturated carbocycles. The molecule has 0 bridgehead atoms. The Morgan fingerprint density at radius 2 is 1.74 bits per heavy atom. The first kappa shape index (κ1) is 37.6. The van der Waals surface area contributed by atoms with Gasteiger partial charge in [-0.15, -0.1) is 0 Å². The molecule has 2 aromatic carbocycles. The molecule has 1 atom stereocenters. The molecule has 0 aliphatic carbocycles. The van der Waals surface area contributed by atoms with Crippen molar-refractivity contribution in [2.75, 3.05) is 25.1 Å². The Bertz CT molecular complexity index is 1240. The van der Waals surface area contributed by atoms with Crippen LogP contribution in [-0.4, -0.2) is 30.8 Å². The molecule has 0 amide bonds. The normalized spacial score (nSPS) is 13.7. The zero-order valence-corrected chi connectivity index (χ0v) is 28.5. The third-order valence-corrected chi connectivity index (χ3v) is 7.11. The number of benzene rings is 2. The highest BCUT2D eigenvalue weighted by Crippen LogP contribution is 2.34. The van der Waals surface area contributed by atoms with Gasteiger partial charge in [-0.3, -0.25) is 0 Å². The number of anilines is 1. The molecule has 3 heteroatoms. The lowest BCUT2D eigenvalue weighted by atomic mass is 9.88. The fourth-order valence-corrected chi connectivity index (χ4v) is 4.95. The van der Waals surface area contributed by atoms with Gasteiger partial charge in [-0.25, -0.2) is 0 Å². The van der Waals surface area contributed by atoms with Gasteiger partial charge >= 0.3 is 0 Å². The molecule has 234 valence electrons. The molecule has 0 heterocycles. The van der Waals surface area contributed by atoms with E-state index in [0.717, 1.165) is 30.5 Å². The average molecular weight is 583 g/mol. The van der Waals surface area contributed by atoms with Crippen molar-refractivity contribution in [2.45, 2.75) is 86.2 Å². The van der Waals surface area contributed by atoms with Gasteiger partial charge < -0.3 is 15.3 Å². The van der Waals surface area contributed by atoms with Gasteiger partial charge in [-0.05, 0) is 75.3 Å². The van der Waals surface area contributed by atoms with Crippen molar-refractivity contribution in [3.63, 3.8) is 0 Å². The second-order valence-corrected chi connectivity index (χ2v) is 11.4. The maximum Gasteiger partial charge on any atom is 0.0618 e. The summed E-state index contributed by atoms with van der Waals surface area (Å²) >= 11 is 0. The summed E-state index contributed by atoms with van der Waals surface area (Å²) < 4.78 is 0. The van der Waals surface area contributed by atoms with Crippen molar-refractivity contribution in [3.8, 4) is 0 Å². The largest absolute Gasteiger partial charge is 0.392 e. The highest BCUT2D eigenvalue weighted by Gasteiger charge is 2.27. The summed E-state index contributed by atoms with van der Waals surface area (Å²) in [4.78, 5) is 2.27. The van der Waals surface area contributed by atoms with Gasteiger partial charge in [0.25, 0.3) is 0 Å². The van der Waals surface area contributed by atoms with Crippen LogP contribution in [0.2, 0.25) is 0 Å². The van der Waals surface area contributed by atoms with Gasteiger partial charge in [-0.1, -0.05) is 136 Å². The van der Waals surface area contributed by atoms with E-state index < -0.39 is 0 Å². The van der Waals surface area contributed by atoms with Crippen molar-refractivity contribution in [1.29, 1.82) is 0 Å². The molecule has 2 rings (SSSR count). The Labute approximate surface area is 264 Å². The number of aliphatic hydroxyl groups excluding tert-OH is 1. The van der Waals surface area contributed by atoms with E-state index in [9.17, 15) is 5.11 Å². The lowest BCUT2D eigenvalue weighted by Gasteiger charge is -2.35. The lowest BCUT2D eigenvalue weighted by molar-refractivity contribution is 0.342. The first-order valence-electron chi connectivity index (χ1n) is 15.9. The minimum atomic E-state index is -0.189. The summed E-state index contributed by atoms with van der Waals surface area (Å²) in [6.45, 7) is 21.8. The number of rotatable bonds is 16. The summed E-state index contributed by atoms with van der Waals surface area (Å²) in [7, 11) is 2.12. The summed E-state index contributed by atoms with van der Waals surface area (Å²) in [5.74, 6) is 0. The van der Waals surface area contributed by atoms with E-state index >= 15 is 0 Å². The van der Waals surface area contributed by atoms with Gasteiger partial charge in [0.15, 0.2) is 0 Å². The highest BCUT2D eigenvalue weighted by molar-refractivity contribution is 5.59. The standard InChI is InChI=1S/C38H52N2O.C2H6/c1-9-12-15-19-33(26-30(4)11-3)28-38(6,7)39-37(34-20-16-14-17-21-34)35-27-31(5)22-23-36(35)40(8)29-32(24-25-41)18-13-10-2;1-2/h10,12-24,26-27,37,39,41H,2,9,11,25,28-29H2,1,3-8H3;1-2H3/b15-12+,18-13-,30-26+,32-24+,33-19+;. The van der Waals surface area contributed by atoms with Crippen LogP contribution in [0.3, 0.4) is 0 Å². The number of hydrogen-bond acceptors (Lipinski definition) is 3. The number of allylic oxidation sites excluding steroid dienone is 7. The number of nitrogens with one attached hydrogen (secondary N) is 1. The van der Waals surface area contributed by atoms with Crippen molar-refractivity contribution >= 4 is 5.69 Å². The summed E-state index contributed by atoms with van der Waals surface area (Å²) in [6, 6.07) is 17.4. The van der Waals surface area contributed by atoms with Crippen LogP contribution in [-0.2, 0) is 0 Å². The van der Waals surface area contributed by atoms with E-state index in [-0.39, 0.29) is 18.2 Å². The number of aryl methyl sites for hydroxylation is 1. The molecule has 0 spiro atoms. The smallest absolute Gasteiger partial charge is 0.0618 e. The minimum absolute atomic E-state index is 0.00302. The zero-order valence-electron chi connectivity index (χ0n) is 28.5. The summed E-state index contributed by atoms with van der Waals surface area (Å²) in [5, 5.41) is 13.7. The van der Waals surface area contributed by atoms with Gasteiger partial charge in [-0.2, -0.15) is 0 Å². The average Bonchev–Trinajstić information content (AvgIpc) is 3.00. The molecule has 2 N–H and O–H groups in total. The van der Waals surface area contributed by atoms with Crippen LogP contribution in [0.1, 0.15) is 90.5 Å². The Hall–Kier alpha value is -3.40. The number of hydrogen-bond donors (Lipinski definition) is 2. The maximum atomic E-state index is 9.61. The number of aliphatic hydroxyl groups is 1. The van der Waals surface area contributed by atoms with E-state index in [2.05, 4.69) is 138 Å². The van der Waals surface area contributed by atoms with Crippen molar-refractivity contribution in [3.05, 3.63) is 137 Å². The van der Waals surface area contributed by atoms with Gasteiger partial charge in [0.05, 0.1) is 12.6 Å². The molecule has 43 heavy (non-hydrogen) atoms. The van der Waals surface area contributed by atoms with Crippen LogP contribution in [0.5, 0.6) is 0 Å². The maximum absolute atomic E-state index is 9.61. The topological polar surface area (TPSA) is 35.5 Å². The molecule has 0 fully saturated rings. The van der Waals surface area contributed by atoms with Crippen molar-refractivity contribution < 1.29 is 5.11 Å². The monoisotopic (exact) mass is 582 g/mol. The van der Waals surface area contributed by atoms with Crippen LogP contribution >= 0.6 is 0 Å². The van der Waals surface area contributed by atoms with E-state index in [1.54, 1.807) is 6.08 Å². The zero-order chi connectivity index (χ0) is 32.3. The fourth-order valence-electron chi connectivity index (χ4n) is 4.95. The Morgan fingerprint density at radius 3 is 2.35 bits per heavy atom. The first-order valence-corrected chi connectivity index (χ1v) is 15.9. The molecule has 0 aliphatic rings. The molecule has 0 saturated heterocycles. The van der Waals surface area contributed by atoms with Crippen LogP contribution in [0.15, 0.2) is 120 Å². The molecule has 0 radical (unpaired) electrons. The van der Waals surface area contributed by atoms with Crippen LogP contribution in [0, 0.1) is 6.92 Å². The second-order valence-electron chi connectivity index (χ2n) is 11.4. The molecular formula is C40H58N2O. The molecule has 2 aromatic rings. The number of likely N-dealkylation sites (N-methyl/N-ethyl adjacent to an activating group) is 1. The predicted molar refractivity (Wildman–Crippen MR) is 192 cm³/mol. The summed E-state index contributed by atoms with van der Waals surface area (Å²) in [5.41, 5.74) is 8.41. The third kappa shape index (κ3) is 13.6. The van der Waals surface area contributed by atoms with Crippen molar-refractivity contribution in [2.24, 2.45) is 0 Å². The Balaban J connectivity index is 0.00000452. The Kier molecular flexibility index (Phi) is 17.9. The Morgan fingerprint density at radius 1 is 1.05 bits per heavy atom. The van der Waals surface area contributed by atoms with Crippen LogP contribution in [0.25, 0.3) is 0 Å². The van der Waals surface area contributed by atoms with Crippen LogP contribution < -0.4 is 10.2 Å². The first-order chi connectivity index (χ1) is 20.6. The lowest BCUT2D eigenvalue weighted by Crippen LogP contribution is -2.43. The van der Waals surface area contributed by atoms with E-state index in [1.165, 1.54) is 27.8 Å². The summed E-state index contributed by atoms with van der Waals surface area (Å²) in [6.07, 6.45) is 19.5. The van der Waals surface area contributed by atoms with E-state index in [0.29, 0.717) is 6.54 Å². The third-order valence-electron chi connectivity index (χ3n) is 7.11. The molecular weight excluding hydrogens is 524 g/mol. The SMILES string of the molecule is C=C/C=C\C(=C/CO)CN(C)c1ccc(C)cc1C(NC(C)(C)CC(=C/C=C/CC)/C=C(\C)CC)c1ccccc1.CC. The number of nitrogens with zero attached hydrogens (tertiary/aromatic N) is 1. The van der Waals surface area contributed by atoms with E-state index in [4.69, 9.17) is 0 Å². The minimum Gasteiger partial charge on any atom is -0.392 e. The fraction of sp³-hybridized carbons (Fsp3) is 0.400.